The molecule has 2 aromatic heterocycles. The minimum absolute atomic E-state index is 0.0205. The number of rotatable bonds is 13. The number of halogens is 4. The zero-order chi connectivity index (χ0) is 45.1. The van der Waals surface area contributed by atoms with E-state index in [9.17, 15) is 27.9 Å². The lowest BCUT2D eigenvalue weighted by molar-refractivity contribution is -0.137. The van der Waals surface area contributed by atoms with Gasteiger partial charge in [-0.15, -0.1) is 0 Å². The van der Waals surface area contributed by atoms with Crippen molar-refractivity contribution in [3.05, 3.63) is 83.6 Å². The average Bonchev–Trinajstić information content (AvgIpc) is 3.71. The smallest absolute Gasteiger partial charge is 0.389 e. The molecule has 0 spiro atoms. The van der Waals surface area contributed by atoms with Crippen LogP contribution >= 0.6 is 11.9 Å². The third-order valence-electron chi connectivity index (χ3n) is 11.2. The van der Waals surface area contributed by atoms with Crippen LogP contribution in [0.3, 0.4) is 0 Å². The molecule has 0 aliphatic carbocycles. The van der Waals surface area contributed by atoms with E-state index in [-0.39, 0.29) is 47.5 Å². The Morgan fingerprint density at radius 3 is 2.41 bits per heavy atom. The lowest BCUT2D eigenvalue weighted by atomic mass is 9.90. The van der Waals surface area contributed by atoms with Crippen molar-refractivity contribution < 1.29 is 32.3 Å². The molecular formula is C46H57F4N9O3S. The Labute approximate surface area is 371 Å². The number of nitrogens with one attached hydrogen (secondary N) is 3. The fraction of sp³-hybridized carbons (Fsp3) is 0.500. The molecule has 1 unspecified atom stereocenters. The first-order chi connectivity index (χ1) is 30.1. The molecule has 2 aromatic carbocycles. The van der Waals surface area contributed by atoms with E-state index in [0.717, 1.165) is 82.5 Å². The summed E-state index contributed by atoms with van der Waals surface area (Å²) in [4.78, 5) is 37.4. The Bertz CT molecular complexity index is 2240. The molecule has 4 aromatic rings. The Morgan fingerprint density at radius 1 is 0.968 bits per heavy atom. The van der Waals surface area contributed by atoms with Crippen molar-refractivity contribution in [2.45, 2.75) is 108 Å². The Morgan fingerprint density at radius 2 is 1.71 bits per heavy atom. The molecule has 12 nitrogen and oxygen atoms in total. The number of alkyl halides is 3. The minimum atomic E-state index is -4.74. The van der Waals surface area contributed by atoms with Crippen LogP contribution in [0.1, 0.15) is 95.2 Å². The summed E-state index contributed by atoms with van der Waals surface area (Å²) in [5, 5.41) is 19.3. The molecule has 4 N–H and O–H groups in total. The van der Waals surface area contributed by atoms with Crippen LogP contribution < -0.4 is 15.4 Å². The highest BCUT2D eigenvalue weighted by Gasteiger charge is 2.36. The van der Waals surface area contributed by atoms with Gasteiger partial charge in [0.1, 0.15) is 11.4 Å². The van der Waals surface area contributed by atoms with Gasteiger partial charge in [-0.3, -0.25) is 24.3 Å². The monoisotopic (exact) mass is 891 g/mol. The molecule has 7 rings (SSSR count). The number of piperidine rings is 3. The Kier molecular flexibility index (Phi) is 16.4. The molecule has 3 saturated heterocycles. The summed E-state index contributed by atoms with van der Waals surface area (Å²) < 4.78 is 61.8. The van der Waals surface area contributed by atoms with Gasteiger partial charge in [-0.25, -0.2) is 14.4 Å². The Balaban J connectivity index is 0.00000326. The van der Waals surface area contributed by atoms with E-state index in [1.807, 2.05) is 38.1 Å². The summed E-state index contributed by atoms with van der Waals surface area (Å²) in [6, 6.07) is 12.6. The fourth-order valence-electron chi connectivity index (χ4n) is 7.99. The molecule has 63 heavy (non-hydrogen) atoms. The van der Waals surface area contributed by atoms with Crippen molar-refractivity contribution in [2.75, 3.05) is 44.6 Å². The first-order valence-corrected chi connectivity index (χ1v) is 22.5. The second kappa shape index (κ2) is 21.7. The van der Waals surface area contributed by atoms with E-state index in [0.29, 0.717) is 29.9 Å². The number of anilines is 2. The summed E-state index contributed by atoms with van der Waals surface area (Å²) in [7, 11) is 0. The fourth-order valence-corrected chi connectivity index (χ4v) is 8.82. The summed E-state index contributed by atoms with van der Waals surface area (Å²) in [5.74, 6) is 5.66. The number of aromatic nitrogens is 4. The Hall–Kier alpha value is -4.86. The average molecular weight is 892 g/mol. The van der Waals surface area contributed by atoms with E-state index in [2.05, 4.69) is 52.1 Å². The van der Waals surface area contributed by atoms with Crippen LogP contribution in [0.4, 0.5) is 29.2 Å². The van der Waals surface area contributed by atoms with E-state index >= 15 is 4.39 Å². The van der Waals surface area contributed by atoms with Crippen LogP contribution in [0, 0.1) is 23.6 Å². The van der Waals surface area contributed by atoms with Gasteiger partial charge in [-0.2, -0.15) is 18.3 Å². The highest BCUT2D eigenvalue weighted by molar-refractivity contribution is 7.97. The molecule has 1 atom stereocenters. The van der Waals surface area contributed by atoms with Crippen molar-refractivity contribution in [1.82, 2.24) is 39.6 Å². The molecule has 5 heterocycles. The van der Waals surface area contributed by atoms with E-state index in [1.165, 1.54) is 41.2 Å². The predicted molar refractivity (Wildman–Crippen MR) is 236 cm³/mol. The molecule has 17 heteroatoms. The van der Waals surface area contributed by atoms with Crippen LogP contribution in [0.5, 0.6) is 0 Å². The van der Waals surface area contributed by atoms with Gasteiger partial charge in [0.15, 0.2) is 0 Å². The van der Waals surface area contributed by atoms with Crippen LogP contribution in [-0.4, -0.2) is 97.4 Å². The number of hydrogen-bond acceptors (Lipinski definition) is 11. The molecule has 0 saturated carbocycles. The summed E-state index contributed by atoms with van der Waals surface area (Å²) in [6.07, 6.45) is 4.46. The van der Waals surface area contributed by atoms with Crippen molar-refractivity contribution >= 4 is 35.4 Å². The molecule has 0 radical (unpaired) electrons. The van der Waals surface area contributed by atoms with Crippen molar-refractivity contribution in [3.8, 4) is 23.1 Å². The van der Waals surface area contributed by atoms with Crippen molar-refractivity contribution in [2.24, 2.45) is 5.92 Å². The highest BCUT2D eigenvalue weighted by atomic mass is 32.2. The zero-order valence-electron chi connectivity index (χ0n) is 36.3. The number of benzene rings is 2. The van der Waals surface area contributed by atoms with E-state index < -0.39 is 28.9 Å². The molecule has 3 aliphatic rings. The van der Waals surface area contributed by atoms with Crippen molar-refractivity contribution in [3.63, 3.8) is 0 Å². The summed E-state index contributed by atoms with van der Waals surface area (Å²) in [6.45, 7) is 13.3. The molecule has 2 amide bonds. The van der Waals surface area contributed by atoms with Gasteiger partial charge in [0.05, 0.1) is 35.6 Å². The van der Waals surface area contributed by atoms with Gasteiger partial charge in [0.2, 0.25) is 17.8 Å². The first kappa shape index (κ1) is 47.6. The number of imide groups is 1. The van der Waals surface area contributed by atoms with Gasteiger partial charge >= 0.3 is 6.18 Å². The maximum absolute atomic E-state index is 15.3. The highest BCUT2D eigenvalue weighted by Crippen LogP contribution is 2.37. The van der Waals surface area contributed by atoms with Gasteiger partial charge in [-0.05, 0) is 126 Å². The number of carbonyl (C=O) groups is 2. The maximum Gasteiger partial charge on any atom is 0.419 e. The van der Waals surface area contributed by atoms with Crippen LogP contribution in [0.15, 0.2) is 66.0 Å². The molecule has 3 fully saturated rings. The van der Waals surface area contributed by atoms with Crippen LogP contribution in [-0.2, 0) is 22.3 Å². The molecule has 3 aliphatic heterocycles. The van der Waals surface area contributed by atoms with Gasteiger partial charge < -0.3 is 20.2 Å². The van der Waals surface area contributed by atoms with E-state index in [1.54, 1.807) is 19.9 Å². The van der Waals surface area contributed by atoms with E-state index in [4.69, 9.17) is 0 Å². The number of amides is 2. The van der Waals surface area contributed by atoms with Gasteiger partial charge in [-0.1, -0.05) is 37.8 Å². The lowest BCUT2D eigenvalue weighted by Gasteiger charge is -2.37. The minimum Gasteiger partial charge on any atom is -0.389 e. The quantitative estimate of drug-likeness (QED) is 0.0453. The summed E-state index contributed by atoms with van der Waals surface area (Å²) in [5.41, 5.74) is -0.724. The molecule has 338 valence electrons. The molecule has 0 bridgehead atoms. The third-order valence-corrected chi connectivity index (χ3v) is 12.1. The van der Waals surface area contributed by atoms with Crippen LogP contribution in [0.2, 0.25) is 0 Å². The lowest BCUT2D eigenvalue weighted by Crippen LogP contribution is -2.44. The largest absolute Gasteiger partial charge is 0.419 e. The number of likely N-dealkylation sites (tertiary alicyclic amines) is 2. The number of aliphatic hydroxyl groups is 1. The number of hydrogen-bond donors (Lipinski definition) is 4. The third kappa shape index (κ3) is 13.8. The number of nitrogens with zero attached hydrogens (tertiary/aromatic N) is 6. The van der Waals surface area contributed by atoms with Crippen LogP contribution in [0.25, 0.3) is 11.3 Å². The first-order valence-electron chi connectivity index (χ1n) is 21.7. The number of carbonyl (C=O) groups excluding carboxylic acids is 2. The topological polar surface area (TPSA) is 141 Å². The standard InChI is InChI=1S/C44H51F4N9O3S.C2H6/c1-43(2,60)28-57-27-32(24-50-57)40-36(44(46,47)48)25-49-42(53-40)51-38-11-9-34(23-37(38)45)61-54-33-15-20-56(21-16-33)26-30-13-18-55(19-14-30)17-4-3-6-29-7-5-8-31(22-29)35-10-12-39(58)52-41(35)59;1-2/h5,7-9,11,22-25,27,30,33,35,54,60H,4,10,12-21,26,28H2,1-2H3,(H,49,51,53)(H,52,58,59);1-2H3. The molecular weight excluding hydrogens is 835 g/mol. The normalized spacial score (nSPS) is 18.3. The second-order valence-electron chi connectivity index (χ2n) is 16.7. The second-order valence-corrected chi connectivity index (χ2v) is 17.6. The van der Waals surface area contributed by atoms with Crippen molar-refractivity contribution in [1.29, 1.82) is 0 Å². The maximum atomic E-state index is 15.3. The zero-order valence-corrected chi connectivity index (χ0v) is 37.1. The van der Waals surface area contributed by atoms with Gasteiger partial charge in [0.25, 0.3) is 0 Å². The summed E-state index contributed by atoms with van der Waals surface area (Å²) >= 11 is 1.36. The SMILES string of the molecule is CC.CC(C)(O)Cn1cc(-c2nc(Nc3ccc(SNC4CCN(CC5CCN(CCC#Cc6cccc(C7CCC(=O)NC7=O)c6)CC5)CC4)cc3F)ncc2C(F)(F)F)cn1. The van der Waals surface area contributed by atoms with Gasteiger partial charge in [0, 0.05) is 60.4 Å². The predicted octanol–water partition coefficient (Wildman–Crippen LogP) is 7.77.